The molecule has 0 fully saturated rings. The molecule has 1 aromatic rings. The lowest BCUT2D eigenvalue weighted by Crippen LogP contribution is -2.28. The topological polar surface area (TPSA) is 37.8 Å². The maximum Gasteiger partial charge on any atom is 0.0857 e. The summed E-state index contributed by atoms with van der Waals surface area (Å²) in [6.07, 6.45) is 1.15. The number of hydrogen-bond acceptors (Lipinski definition) is 4. The fourth-order valence-electron chi connectivity index (χ4n) is 1.85. The Kier molecular flexibility index (Phi) is 5.07. The fourth-order valence-corrected chi connectivity index (χ4v) is 2.97. The molecule has 4 heteroatoms. The van der Waals surface area contributed by atoms with Gasteiger partial charge in [0.1, 0.15) is 0 Å². The minimum atomic E-state index is 0.0728. The number of rotatable bonds is 5. The molecule has 1 heterocycles. The van der Waals surface area contributed by atoms with Gasteiger partial charge in [0, 0.05) is 11.5 Å². The minimum absolute atomic E-state index is 0.0728. The maximum atomic E-state index is 4.33. The molecule has 1 atom stereocenters. The lowest BCUT2D eigenvalue weighted by molar-refractivity contribution is 0.408. The molecule has 3 nitrogen and oxygen atoms in total. The molecule has 0 amide bonds. The molecule has 0 bridgehead atoms. The van der Waals surface area contributed by atoms with E-state index in [1.165, 1.54) is 16.4 Å². The van der Waals surface area contributed by atoms with Crippen LogP contribution >= 0.6 is 11.5 Å². The molecule has 0 aliphatic carbocycles. The van der Waals surface area contributed by atoms with Crippen molar-refractivity contribution in [1.29, 1.82) is 0 Å². The van der Waals surface area contributed by atoms with E-state index in [0.29, 0.717) is 12.0 Å². The van der Waals surface area contributed by atoms with Gasteiger partial charge in [0.15, 0.2) is 0 Å². The summed E-state index contributed by atoms with van der Waals surface area (Å²) in [4.78, 5) is 1.31. The Morgan fingerprint density at radius 1 is 1.29 bits per heavy atom. The van der Waals surface area contributed by atoms with Crippen molar-refractivity contribution in [3.8, 4) is 0 Å². The standard InChI is InChI=1S/C13H25N3S/c1-7-8-14-10(9(2)3)11-12(13(4,5)6)15-16-17-11/h9-10,14H,7-8H2,1-6H3. The highest BCUT2D eigenvalue weighted by Gasteiger charge is 2.28. The molecule has 0 aliphatic rings. The summed E-state index contributed by atoms with van der Waals surface area (Å²) in [5.74, 6) is 0.560. The van der Waals surface area contributed by atoms with E-state index in [4.69, 9.17) is 0 Å². The van der Waals surface area contributed by atoms with Crippen LogP contribution in [0.2, 0.25) is 0 Å². The van der Waals surface area contributed by atoms with Gasteiger partial charge in [0.25, 0.3) is 0 Å². The van der Waals surface area contributed by atoms with Crippen molar-refractivity contribution in [3.63, 3.8) is 0 Å². The van der Waals surface area contributed by atoms with Gasteiger partial charge >= 0.3 is 0 Å². The van der Waals surface area contributed by atoms with Crippen molar-refractivity contribution < 1.29 is 0 Å². The van der Waals surface area contributed by atoms with E-state index in [0.717, 1.165) is 18.7 Å². The molecule has 1 N–H and O–H groups in total. The number of nitrogens with zero attached hydrogens (tertiary/aromatic N) is 2. The van der Waals surface area contributed by atoms with Gasteiger partial charge in [-0.1, -0.05) is 46.0 Å². The van der Waals surface area contributed by atoms with Crippen LogP contribution in [0, 0.1) is 5.92 Å². The highest BCUT2D eigenvalue weighted by atomic mass is 32.1. The highest BCUT2D eigenvalue weighted by Crippen LogP contribution is 2.33. The third kappa shape index (κ3) is 3.75. The van der Waals surface area contributed by atoms with E-state index < -0.39 is 0 Å². The van der Waals surface area contributed by atoms with Crippen LogP contribution in [0.5, 0.6) is 0 Å². The van der Waals surface area contributed by atoms with E-state index in [1.54, 1.807) is 0 Å². The van der Waals surface area contributed by atoms with Crippen molar-refractivity contribution in [3.05, 3.63) is 10.6 Å². The Labute approximate surface area is 109 Å². The smallest absolute Gasteiger partial charge is 0.0857 e. The lowest BCUT2D eigenvalue weighted by atomic mass is 9.88. The molecule has 1 aromatic heterocycles. The van der Waals surface area contributed by atoms with E-state index in [2.05, 4.69) is 56.4 Å². The van der Waals surface area contributed by atoms with Crippen molar-refractivity contribution in [2.45, 2.75) is 59.4 Å². The summed E-state index contributed by atoms with van der Waals surface area (Å²) >= 11 is 1.54. The molecule has 1 unspecified atom stereocenters. The predicted molar refractivity (Wildman–Crippen MR) is 74.5 cm³/mol. The third-order valence-electron chi connectivity index (χ3n) is 2.79. The lowest BCUT2D eigenvalue weighted by Gasteiger charge is -2.25. The van der Waals surface area contributed by atoms with Crippen LogP contribution in [0.1, 0.15) is 64.6 Å². The average molecular weight is 255 g/mol. The minimum Gasteiger partial charge on any atom is -0.309 e. The zero-order valence-corrected chi connectivity index (χ0v) is 12.7. The van der Waals surface area contributed by atoms with Gasteiger partial charge < -0.3 is 5.32 Å². The van der Waals surface area contributed by atoms with Gasteiger partial charge in [0.05, 0.1) is 10.6 Å². The van der Waals surface area contributed by atoms with Gasteiger partial charge in [-0.2, -0.15) is 0 Å². The number of hydrogen-bond donors (Lipinski definition) is 1. The van der Waals surface area contributed by atoms with Crippen LogP contribution in [0.25, 0.3) is 0 Å². The Bertz CT molecular complexity index is 339. The predicted octanol–water partition coefficient (Wildman–Crippen LogP) is 3.53. The van der Waals surface area contributed by atoms with Crippen LogP contribution in [-0.4, -0.2) is 16.1 Å². The Morgan fingerprint density at radius 2 is 1.94 bits per heavy atom. The van der Waals surface area contributed by atoms with Crippen molar-refractivity contribution in [2.75, 3.05) is 6.54 Å². The zero-order chi connectivity index (χ0) is 13.1. The van der Waals surface area contributed by atoms with Gasteiger partial charge in [0.2, 0.25) is 0 Å². The second kappa shape index (κ2) is 5.91. The second-order valence-electron chi connectivity index (χ2n) is 5.91. The first-order chi connectivity index (χ1) is 7.88. The quantitative estimate of drug-likeness (QED) is 0.874. The molecular weight excluding hydrogens is 230 g/mol. The molecular formula is C13H25N3S. The van der Waals surface area contributed by atoms with Crippen LogP contribution in [0.3, 0.4) is 0 Å². The zero-order valence-electron chi connectivity index (χ0n) is 11.9. The van der Waals surface area contributed by atoms with Crippen molar-refractivity contribution in [1.82, 2.24) is 14.9 Å². The Morgan fingerprint density at radius 3 is 2.41 bits per heavy atom. The normalized spacial score (nSPS) is 14.3. The first-order valence-corrected chi connectivity index (χ1v) is 7.21. The van der Waals surface area contributed by atoms with E-state index in [9.17, 15) is 0 Å². The molecule has 0 radical (unpaired) electrons. The largest absolute Gasteiger partial charge is 0.309 e. The SMILES string of the molecule is CCCNC(c1snnc1C(C)(C)C)C(C)C. The average Bonchev–Trinajstić information content (AvgIpc) is 2.66. The molecule has 0 saturated heterocycles. The summed E-state index contributed by atoms with van der Waals surface area (Å²) in [7, 11) is 0. The number of aromatic nitrogens is 2. The maximum absolute atomic E-state index is 4.33. The summed E-state index contributed by atoms with van der Waals surface area (Å²) < 4.78 is 4.15. The first-order valence-electron chi connectivity index (χ1n) is 6.44. The monoisotopic (exact) mass is 255 g/mol. The van der Waals surface area contributed by atoms with E-state index in [1.807, 2.05) is 0 Å². The first kappa shape index (κ1) is 14.6. The Hall–Kier alpha value is -0.480. The Balaban J connectivity index is 2.98. The van der Waals surface area contributed by atoms with E-state index >= 15 is 0 Å². The fraction of sp³-hybridized carbons (Fsp3) is 0.846. The molecule has 0 saturated carbocycles. The summed E-state index contributed by atoms with van der Waals surface area (Å²) in [6, 6.07) is 0.379. The summed E-state index contributed by atoms with van der Waals surface area (Å²) in [5, 5.41) is 7.94. The van der Waals surface area contributed by atoms with Gasteiger partial charge in [-0.05, 0) is 30.4 Å². The van der Waals surface area contributed by atoms with Gasteiger partial charge in [-0.15, -0.1) is 5.10 Å². The van der Waals surface area contributed by atoms with E-state index in [-0.39, 0.29) is 5.41 Å². The van der Waals surface area contributed by atoms with Gasteiger partial charge in [-0.25, -0.2) is 0 Å². The second-order valence-corrected chi connectivity index (χ2v) is 6.70. The molecule has 1 rings (SSSR count). The summed E-state index contributed by atoms with van der Waals surface area (Å²) in [6.45, 7) is 14.3. The molecule has 98 valence electrons. The molecule has 0 aliphatic heterocycles. The van der Waals surface area contributed by atoms with Crippen LogP contribution in [0.15, 0.2) is 0 Å². The van der Waals surface area contributed by atoms with Crippen molar-refractivity contribution >= 4 is 11.5 Å². The summed E-state index contributed by atoms with van der Waals surface area (Å²) in [5.41, 5.74) is 1.22. The van der Waals surface area contributed by atoms with Crippen LogP contribution < -0.4 is 5.32 Å². The van der Waals surface area contributed by atoms with Crippen LogP contribution in [-0.2, 0) is 5.41 Å². The van der Waals surface area contributed by atoms with Crippen LogP contribution in [0.4, 0.5) is 0 Å². The third-order valence-corrected chi connectivity index (χ3v) is 3.59. The van der Waals surface area contributed by atoms with Gasteiger partial charge in [-0.3, -0.25) is 0 Å². The molecule has 0 aromatic carbocycles. The highest BCUT2D eigenvalue weighted by molar-refractivity contribution is 7.05. The number of nitrogens with one attached hydrogen (secondary N) is 1. The molecule has 17 heavy (non-hydrogen) atoms. The van der Waals surface area contributed by atoms with Crippen molar-refractivity contribution in [2.24, 2.45) is 5.92 Å². The molecule has 0 spiro atoms.